The second-order valence-corrected chi connectivity index (χ2v) is 13.8. The summed E-state index contributed by atoms with van der Waals surface area (Å²) in [6.45, 7) is 7.45. The largest absolute Gasteiger partial charge is 1.00 e. The summed E-state index contributed by atoms with van der Waals surface area (Å²) in [6, 6.07) is 10.3. The van der Waals surface area contributed by atoms with Crippen molar-refractivity contribution in [3.8, 4) is 0 Å². The van der Waals surface area contributed by atoms with E-state index in [0.717, 1.165) is 40.2 Å². The van der Waals surface area contributed by atoms with Gasteiger partial charge in [0.2, 0.25) is 5.91 Å². The summed E-state index contributed by atoms with van der Waals surface area (Å²) in [5.74, 6) is -4.40. The number of fused-ring (bicyclic) bond motifs is 1. The molecular weight excluding hydrogens is 704 g/mol. The summed E-state index contributed by atoms with van der Waals surface area (Å²) in [5, 5.41) is 21.9. The van der Waals surface area contributed by atoms with Gasteiger partial charge in [-0.3, -0.25) is 19.3 Å². The van der Waals surface area contributed by atoms with Gasteiger partial charge < -0.3 is 41.9 Å². The number of carbonyl (C=O) groups is 5. The zero-order valence-electron chi connectivity index (χ0n) is 30.1. The first-order valence-electron chi connectivity index (χ1n) is 17.7. The van der Waals surface area contributed by atoms with Gasteiger partial charge in [0.25, 0.3) is 11.8 Å². The molecule has 0 saturated heterocycles. The van der Waals surface area contributed by atoms with Crippen LogP contribution in [-0.2, 0) is 17.9 Å². The third-order valence-electron chi connectivity index (χ3n) is 9.21. The van der Waals surface area contributed by atoms with Gasteiger partial charge in [-0.05, 0) is 30.5 Å². The molecule has 0 unspecified atom stereocenters. The highest BCUT2D eigenvalue weighted by Crippen LogP contribution is 2.26. The Morgan fingerprint density at radius 3 is 1.72 bits per heavy atom. The summed E-state index contributed by atoms with van der Waals surface area (Å²) in [7, 11) is 4.57. The maximum absolute atomic E-state index is 12.8. The number of quaternary nitrogens is 1. The number of benzene rings is 2. The first kappa shape index (κ1) is 42.6. The van der Waals surface area contributed by atoms with Crippen LogP contribution in [0.2, 0.25) is 0 Å². The van der Waals surface area contributed by atoms with Gasteiger partial charge in [0.05, 0.1) is 42.9 Å². The standard InChI is InChI=1S/C38H54N4O7.BrH/c1-5-6-7-8-9-10-11-12-13-14-23-42(3,4)27-30-17-15-29(16-18-30)26-40(28(2)43)21-19-39-20-22-41-35(44)31-24-33(37(46)47)34(38(48)49)25-32(31)36(41)45;/h15-18,24-25,39H,5-14,19-23,26-27H2,1-4H3,(H-,46,47,48,49);1H. The molecule has 0 atom stereocenters. The van der Waals surface area contributed by atoms with E-state index >= 15 is 0 Å². The highest BCUT2D eigenvalue weighted by atomic mass is 79.9. The quantitative estimate of drug-likeness (QED) is 0.0893. The fourth-order valence-corrected chi connectivity index (χ4v) is 6.34. The number of carboxylic acids is 2. The summed E-state index contributed by atoms with van der Waals surface area (Å²) >= 11 is 0. The number of rotatable bonds is 23. The lowest BCUT2D eigenvalue weighted by molar-refractivity contribution is -0.903. The lowest BCUT2D eigenvalue weighted by Crippen LogP contribution is -3.00. The molecule has 11 nitrogen and oxygen atoms in total. The van der Waals surface area contributed by atoms with E-state index in [-0.39, 0.29) is 47.1 Å². The topological polar surface area (TPSA) is 144 Å². The van der Waals surface area contributed by atoms with Crippen molar-refractivity contribution in [3.05, 3.63) is 69.8 Å². The van der Waals surface area contributed by atoms with Gasteiger partial charge in [0.1, 0.15) is 6.54 Å². The first-order chi connectivity index (χ1) is 23.3. The van der Waals surface area contributed by atoms with Gasteiger partial charge in [0, 0.05) is 45.2 Å². The van der Waals surface area contributed by atoms with Crippen LogP contribution in [0.1, 0.15) is 131 Å². The Kier molecular flexibility index (Phi) is 17.8. The van der Waals surface area contributed by atoms with Crippen molar-refractivity contribution in [2.24, 2.45) is 0 Å². The summed E-state index contributed by atoms with van der Waals surface area (Å²) < 4.78 is 0.940. The van der Waals surface area contributed by atoms with Gasteiger partial charge in [0.15, 0.2) is 0 Å². The van der Waals surface area contributed by atoms with Crippen LogP contribution in [0.5, 0.6) is 0 Å². The molecule has 0 fully saturated rings. The SMILES string of the molecule is CCCCCCCCCCCC[N+](C)(C)Cc1ccc(CN(CCNCCN2C(=O)c3cc(C(=O)O)c(C(=O)O)cc3C2=O)C(C)=O)cc1.[Br-]. The molecule has 2 aromatic carbocycles. The van der Waals surface area contributed by atoms with Crippen LogP contribution in [0, 0.1) is 0 Å². The van der Waals surface area contributed by atoms with Crippen LogP contribution >= 0.6 is 0 Å². The number of hydrogen-bond donors (Lipinski definition) is 3. The van der Waals surface area contributed by atoms with Crippen molar-refractivity contribution < 1.29 is 55.7 Å². The molecule has 0 bridgehead atoms. The molecule has 1 aliphatic rings. The number of nitrogens with zero attached hydrogens (tertiary/aromatic N) is 3. The Hall–Kier alpha value is -3.61. The molecule has 276 valence electrons. The van der Waals surface area contributed by atoms with Crippen molar-refractivity contribution in [2.75, 3.05) is 46.8 Å². The molecule has 0 aromatic heterocycles. The Morgan fingerprint density at radius 1 is 0.760 bits per heavy atom. The summed E-state index contributed by atoms with van der Waals surface area (Å²) in [4.78, 5) is 63.8. The number of carbonyl (C=O) groups excluding carboxylic acids is 3. The smallest absolute Gasteiger partial charge is 0.336 e. The van der Waals surface area contributed by atoms with Crippen LogP contribution in [-0.4, -0.2) is 101 Å². The first-order valence-corrected chi connectivity index (χ1v) is 17.7. The van der Waals surface area contributed by atoms with Crippen molar-refractivity contribution in [1.29, 1.82) is 0 Å². The number of amides is 3. The summed E-state index contributed by atoms with van der Waals surface area (Å²) in [5.41, 5.74) is 0.952. The Balaban J connectivity index is 0.00000867. The zero-order valence-corrected chi connectivity index (χ0v) is 31.7. The van der Waals surface area contributed by atoms with E-state index in [0.29, 0.717) is 19.6 Å². The normalized spacial score (nSPS) is 12.5. The maximum atomic E-state index is 12.8. The van der Waals surface area contributed by atoms with E-state index in [9.17, 15) is 34.2 Å². The molecule has 1 heterocycles. The number of carboxylic acid groups (broad SMARTS) is 2. The van der Waals surface area contributed by atoms with E-state index in [1.54, 1.807) is 4.90 Å². The average Bonchev–Trinajstić information content (AvgIpc) is 3.28. The number of imide groups is 1. The fourth-order valence-electron chi connectivity index (χ4n) is 6.34. The molecule has 3 rings (SSSR count). The number of unbranched alkanes of at least 4 members (excludes halogenated alkanes) is 9. The van der Waals surface area contributed by atoms with E-state index in [1.807, 2.05) is 0 Å². The Bertz CT molecular complexity index is 1410. The number of halogens is 1. The lowest BCUT2D eigenvalue weighted by Gasteiger charge is -2.30. The predicted molar refractivity (Wildman–Crippen MR) is 189 cm³/mol. The van der Waals surface area contributed by atoms with E-state index in [1.165, 1.54) is 76.7 Å². The van der Waals surface area contributed by atoms with Gasteiger partial charge >= 0.3 is 11.9 Å². The highest BCUT2D eigenvalue weighted by molar-refractivity contribution is 6.23. The van der Waals surface area contributed by atoms with Crippen LogP contribution in [0.15, 0.2) is 36.4 Å². The van der Waals surface area contributed by atoms with E-state index < -0.39 is 34.9 Å². The Morgan fingerprint density at radius 2 is 1.24 bits per heavy atom. The number of hydrogen-bond acceptors (Lipinski definition) is 6. The second-order valence-electron chi connectivity index (χ2n) is 13.8. The van der Waals surface area contributed by atoms with E-state index in [4.69, 9.17) is 0 Å². The molecule has 0 saturated carbocycles. The van der Waals surface area contributed by atoms with Gasteiger partial charge in [-0.25, -0.2) is 9.59 Å². The molecule has 0 aliphatic carbocycles. The Labute approximate surface area is 307 Å². The van der Waals surface area contributed by atoms with Crippen LogP contribution < -0.4 is 22.3 Å². The van der Waals surface area contributed by atoms with Crippen LogP contribution in [0.25, 0.3) is 0 Å². The molecule has 3 amide bonds. The minimum atomic E-state index is -1.50. The minimum Gasteiger partial charge on any atom is -1.00 e. The molecule has 50 heavy (non-hydrogen) atoms. The zero-order chi connectivity index (χ0) is 36.0. The molecule has 0 spiro atoms. The van der Waals surface area contributed by atoms with Gasteiger partial charge in [-0.1, -0.05) is 82.6 Å². The van der Waals surface area contributed by atoms with Gasteiger partial charge in [-0.2, -0.15) is 0 Å². The number of nitrogens with one attached hydrogen (secondary N) is 1. The second kappa shape index (κ2) is 20.9. The monoisotopic (exact) mass is 758 g/mol. The van der Waals surface area contributed by atoms with Crippen molar-refractivity contribution in [2.45, 2.75) is 91.1 Å². The van der Waals surface area contributed by atoms with Crippen molar-refractivity contribution in [3.63, 3.8) is 0 Å². The molecule has 12 heteroatoms. The number of aromatic carboxylic acids is 2. The minimum absolute atomic E-state index is 0. The fraction of sp³-hybridized carbons (Fsp3) is 0.553. The van der Waals surface area contributed by atoms with Crippen molar-refractivity contribution in [1.82, 2.24) is 15.1 Å². The summed E-state index contributed by atoms with van der Waals surface area (Å²) in [6.07, 6.45) is 13.4. The van der Waals surface area contributed by atoms with Crippen molar-refractivity contribution >= 4 is 29.7 Å². The van der Waals surface area contributed by atoms with Gasteiger partial charge in [-0.15, -0.1) is 0 Å². The highest BCUT2D eigenvalue weighted by Gasteiger charge is 2.37. The van der Waals surface area contributed by atoms with E-state index in [2.05, 4.69) is 50.6 Å². The molecular formula is C38H55BrN4O7. The predicted octanol–water partition coefficient (Wildman–Crippen LogP) is 2.82. The molecule has 1 aliphatic heterocycles. The molecule has 0 radical (unpaired) electrons. The average molecular weight is 760 g/mol. The molecule has 3 N–H and O–H groups in total. The maximum Gasteiger partial charge on any atom is 0.336 e. The third-order valence-corrected chi connectivity index (χ3v) is 9.21. The molecule has 2 aromatic rings. The van der Waals surface area contributed by atoms with Crippen LogP contribution in [0.3, 0.4) is 0 Å². The third kappa shape index (κ3) is 12.9. The lowest BCUT2D eigenvalue weighted by atomic mass is 9.99. The van der Waals surface area contributed by atoms with Crippen LogP contribution in [0.4, 0.5) is 0 Å².